The van der Waals surface area contributed by atoms with Crippen molar-refractivity contribution in [2.75, 3.05) is 0 Å². The van der Waals surface area contributed by atoms with Crippen molar-refractivity contribution in [2.45, 2.75) is 26.9 Å². The standard InChI is InChI=1S/C10H13IO/c1-3-8-5-10(11)9(6-12)4-7(8)2/h4-5,12H,3,6H2,1-2H3. The molecule has 0 fully saturated rings. The Kier molecular flexibility index (Phi) is 3.53. The Labute approximate surface area is 86.9 Å². The summed E-state index contributed by atoms with van der Waals surface area (Å²) in [5.74, 6) is 0. The molecule has 0 bridgehead atoms. The highest BCUT2D eigenvalue weighted by molar-refractivity contribution is 14.1. The number of rotatable bonds is 2. The van der Waals surface area contributed by atoms with Crippen molar-refractivity contribution in [3.05, 3.63) is 32.4 Å². The van der Waals surface area contributed by atoms with Gasteiger partial charge in [-0.15, -0.1) is 0 Å². The Morgan fingerprint density at radius 1 is 1.33 bits per heavy atom. The van der Waals surface area contributed by atoms with Gasteiger partial charge < -0.3 is 5.11 Å². The van der Waals surface area contributed by atoms with Crippen molar-refractivity contribution >= 4 is 22.6 Å². The molecule has 0 saturated heterocycles. The second-order valence-electron chi connectivity index (χ2n) is 2.88. The minimum absolute atomic E-state index is 0.142. The molecule has 0 aliphatic rings. The average molecular weight is 276 g/mol. The maximum absolute atomic E-state index is 9.00. The van der Waals surface area contributed by atoms with E-state index in [9.17, 15) is 0 Å². The first-order chi connectivity index (χ1) is 5.69. The van der Waals surface area contributed by atoms with Crippen LogP contribution in [0.15, 0.2) is 12.1 Å². The minimum atomic E-state index is 0.142. The summed E-state index contributed by atoms with van der Waals surface area (Å²) < 4.78 is 1.16. The van der Waals surface area contributed by atoms with Crippen LogP contribution < -0.4 is 0 Å². The highest BCUT2D eigenvalue weighted by Gasteiger charge is 2.02. The molecule has 1 aromatic carbocycles. The van der Waals surface area contributed by atoms with Gasteiger partial charge in [-0.25, -0.2) is 0 Å². The van der Waals surface area contributed by atoms with Gasteiger partial charge in [-0.1, -0.05) is 13.0 Å². The van der Waals surface area contributed by atoms with Gasteiger partial charge in [0.2, 0.25) is 0 Å². The summed E-state index contributed by atoms with van der Waals surface area (Å²) in [6.07, 6.45) is 1.06. The van der Waals surface area contributed by atoms with Crippen LogP contribution in [0.3, 0.4) is 0 Å². The Morgan fingerprint density at radius 2 is 2.00 bits per heavy atom. The second-order valence-corrected chi connectivity index (χ2v) is 4.04. The largest absolute Gasteiger partial charge is 0.392 e. The number of aliphatic hydroxyl groups is 1. The Hall–Kier alpha value is -0.0900. The van der Waals surface area contributed by atoms with Crippen molar-refractivity contribution in [3.63, 3.8) is 0 Å². The molecule has 0 unspecified atom stereocenters. The van der Waals surface area contributed by atoms with Crippen molar-refractivity contribution in [3.8, 4) is 0 Å². The highest BCUT2D eigenvalue weighted by Crippen LogP contribution is 2.18. The van der Waals surface area contributed by atoms with Gasteiger partial charge in [0.1, 0.15) is 0 Å². The van der Waals surface area contributed by atoms with Crippen LogP contribution in [0.2, 0.25) is 0 Å². The van der Waals surface area contributed by atoms with E-state index < -0.39 is 0 Å². The van der Waals surface area contributed by atoms with Gasteiger partial charge in [0.05, 0.1) is 6.61 Å². The molecule has 0 aliphatic heterocycles. The van der Waals surface area contributed by atoms with Crippen LogP contribution in [-0.2, 0) is 13.0 Å². The van der Waals surface area contributed by atoms with Gasteiger partial charge in [-0.05, 0) is 58.7 Å². The number of benzene rings is 1. The lowest BCUT2D eigenvalue weighted by molar-refractivity contribution is 0.281. The zero-order valence-electron chi connectivity index (χ0n) is 7.39. The van der Waals surface area contributed by atoms with Crippen LogP contribution in [0, 0.1) is 10.5 Å². The number of halogens is 1. The molecule has 0 amide bonds. The Bertz CT molecular complexity index is 252. The minimum Gasteiger partial charge on any atom is -0.392 e. The average Bonchev–Trinajstić information content (AvgIpc) is 2.08. The van der Waals surface area contributed by atoms with E-state index in [1.807, 2.05) is 0 Å². The monoisotopic (exact) mass is 276 g/mol. The third-order valence-corrected chi connectivity index (χ3v) is 3.06. The van der Waals surface area contributed by atoms with E-state index >= 15 is 0 Å². The van der Waals surface area contributed by atoms with Crippen molar-refractivity contribution in [1.82, 2.24) is 0 Å². The van der Waals surface area contributed by atoms with Gasteiger partial charge >= 0.3 is 0 Å². The molecule has 0 spiro atoms. The number of hydrogen-bond acceptors (Lipinski definition) is 1. The molecule has 0 aromatic heterocycles. The zero-order valence-corrected chi connectivity index (χ0v) is 9.55. The van der Waals surface area contributed by atoms with Crippen LogP contribution in [-0.4, -0.2) is 5.11 Å². The third-order valence-electron chi connectivity index (χ3n) is 2.06. The molecule has 0 aliphatic carbocycles. The van der Waals surface area contributed by atoms with Gasteiger partial charge in [-0.2, -0.15) is 0 Å². The van der Waals surface area contributed by atoms with Gasteiger partial charge in [0, 0.05) is 3.57 Å². The van der Waals surface area contributed by atoms with Gasteiger partial charge in [0.25, 0.3) is 0 Å². The van der Waals surface area contributed by atoms with E-state index in [0.717, 1.165) is 15.6 Å². The quantitative estimate of drug-likeness (QED) is 0.823. The summed E-state index contributed by atoms with van der Waals surface area (Å²) in [5, 5.41) is 9.00. The molecule has 1 N–H and O–H groups in total. The third kappa shape index (κ3) is 1.98. The molecular formula is C10H13IO. The van der Waals surface area contributed by atoms with E-state index in [0.29, 0.717) is 0 Å². The van der Waals surface area contributed by atoms with E-state index in [4.69, 9.17) is 5.11 Å². The molecule has 1 aromatic rings. The van der Waals surface area contributed by atoms with Crippen LogP contribution in [0.25, 0.3) is 0 Å². The Morgan fingerprint density at radius 3 is 2.50 bits per heavy atom. The summed E-state index contributed by atoms with van der Waals surface area (Å²) in [6, 6.07) is 4.22. The molecule has 0 heterocycles. The van der Waals surface area contributed by atoms with Crippen molar-refractivity contribution in [1.29, 1.82) is 0 Å². The fourth-order valence-electron chi connectivity index (χ4n) is 1.28. The van der Waals surface area contributed by atoms with Crippen molar-refractivity contribution in [2.24, 2.45) is 0 Å². The smallest absolute Gasteiger partial charge is 0.0692 e. The molecule has 12 heavy (non-hydrogen) atoms. The fraction of sp³-hybridized carbons (Fsp3) is 0.400. The first kappa shape index (κ1) is 9.99. The number of hydrogen-bond donors (Lipinski definition) is 1. The first-order valence-corrected chi connectivity index (χ1v) is 5.15. The molecule has 1 nitrogen and oxygen atoms in total. The summed E-state index contributed by atoms with van der Waals surface area (Å²) in [6.45, 7) is 4.38. The molecule has 0 atom stereocenters. The maximum Gasteiger partial charge on any atom is 0.0692 e. The number of aryl methyl sites for hydroxylation is 2. The SMILES string of the molecule is CCc1cc(I)c(CO)cc1C. The Balaban J connectivity index is 3.16. The molecule has 0 radical (unpaired) electrons. The van der Waals surface area contributed by atoms with E-state index in [-0.39, 0.29) is 6.61 Å². The van der Waals surface area contributed by atoms with E-state index in [1.165, 1.54) is 11.1 Å². The summed E-state index contributed by atoms with van der Waals surface area (Å²) in [4.78, 5) is 0. The van der Waals surface area contributed by atoms with E-state index in [1.54, 1.807) is 0 Å². The zero-order chi connectivity index (χ0) is 9.14. The molecule has 1 rings (SSSR count). The fourth-order valence-corrected chi connectivity index (χ4v) is 1.99. The molecule has 0 saturated carbocycles. The lowest BCUT2D eigenvalue weighted by Gasteiger charge is -2.07. The normalized spacial score (nSPS) is 10.3. The lowest BCUT2D eigenvalue weighted by atomic mass is 10.0. The summed E-state index contributed by atoms with van der Waals surface area (Å²) >= 11 is 2.27. The van der Waals surface area contributed by atoms with Crippen LogP contribution in [0.1, 0.15) is 23.6 Å². The highest BCUT2D eigenvalue weighted by atomic mass is 127. The maximum atomic E-state index is 9.00. The van der Waals surface area contributed by atoms with Gasteiger partial charge in [0.15, 0.2) is 0 Å². The summed E-state index contributed by atoms with van der Waals surface area (Å²) in [7, 11) is 0. The second kappa shape index (κ2) is 4.23. The van der Waals surface area contributed by atoms with Crippen LogP contribution in [0.5, 0.6) is 0 Å². The molecular weight excluding hydrogens is 263 g/mol. The summed E-state index contributed by atoms with van der Waals surface area (Å²) in [5.41, 5.74) is 3.68. The topological polar surface area (TPSA) is 20.2 Å². The van der Waals surface area contributed by atoms with Crippen LogP contribution in [0.4, 0.5) is 0 Å². The van der Waals surface area contributed by atoms with Crippen molar-refractivity contribution < 1.29 is 5.11 Å². The van der Waals surface area contributed by atoms with E-state index in [2.05, 4.69) is 48.6 Å². The molecule has 66 valence electrons. The number of aliphatic hydroxyl groups excluding tert-OH is 1. The molecule has 2 heteroatoms. The predicted molar refractivity (Wildman–Crippen MR) is 59.2 cm³/mol. The van der Waals surface area contributed by atoms with Gasteiger partial charge in [-0.3, -0.25) is 0 Å². The van der Waals surface area contributed by atoms with Crippen LogP contribution >= 0.6 is 22.6 Å². The predicted octanol–water partition coefficient (Wildman–Crippen LogP) is 2.65. The first-order valence-electron chi connectivity index (χ1n) is 4.07. The lowest BCUT2D eigenvalue weighted by Crippen LogP contribution is -1.94.